The van der Waals surface area contributed by atoms with Crippen LogP contribution in [0, 0.1) is 0 Å². The molecule has 0 atom stereocenters. The van der Waals surface area contributed by atoms with Gasteiger partial charge < -0.3 is 14.7 Å². The van der Waals surface area contributed by atoms with E-state index in [1.165, 1.54) is 11.4 Å². The van der Waals surface area contributed by atoms with Gasteiger partial charge in [0.25, 0.3) is 0 Å². The lowest BCUT2D eigenvalue weighted by atomic mass is 9.93. The van der Waals surface area contributed by atoms with Crippen LogP contribution >= 0.6 is 0 Å². The zero-order chi connectivity index (χ0) is 23.1. The van der Waals surface area contributed by atoms with Gasteiger partial charge in [-0.25, -0.2) is 8.42 Å². The lowest BCUT2D eigenvalue weighted by molar-refractivity contribution is -0.137. The van der Waals surface area contributed by atoms with Crippen LogP contribution in [-0.4, -0.2) is 74.8 Å². The third kappa shape index (κ3) is 7.42. The monoisotopic (exact) mass is 466 g/mol. The van der Waals surface area contributed by atoms with Crippen molar-refractivity contribution < 1.29 is 31.4 Å². The number of halogens is 3. The Bertz CT molecular complexity index is 764. The minimum atomic E-state index is -4.50. The van der Waals surface area contributed by atoms with Crippen LogP contribution in [0.25, 0.3) is 0 Å². The summed E-state index contributed by atoms with van der Waals surface area (Å²) >= 11 is 0. The first-order valence-electron chi connectivity index (χ1n) is 10.7. The van der Waals surface area contributed by atoms with Gasteiger partial charge in [-0.3, -0.25) is 0 Å². The topological polar surface area (TPSA) is 70.1 Å². The van der Waals surface area contributed by atoms with Crippen molar-refractivity contribution >= 4 is 10.0 Å². The van der Waals surface area contributed by atoms with Gasteiger partial charge in [0.2, 0.25) is 10.0 Å². The molecule has 6 nitrogen and oxygen atoms in total. The normalized spacial score (nSPS) is 20.5. The molecule has 1 N–H and O–H groups in total. The van der Waals surface area contributed by atoms with E-state index in [0.29, 0.717) is 26.0 Å². The fourth-order valence-corrected chi connectivity index (χ4v) is 5.28. The molecule has 0 spiro atoms. The van der Waals surface area contributed by atoms with Crippen LogP contribution in [0.5, 0.6) is 0 Å². The van der Waals surface area contributed by atoms with Gasteiger partial charge in [-0.15, -0.1) is 0 Å². The summed E-state index contributed by atoms with van der Waals surface area (Å²) in [6.07, 6.45) is -0.765. The smallest absolute Gasteiger partial charge is 0.395 e. The molecule has 1 aliphatic carbocycles. The molecular formula is C21H33F3N2O4S. The summed E-state index contributed by atoms with van der Waals surface area (Å²) in [5.41, 5.74) is -0.870. The van der Waals surface area contributed by atoms with E-state index in [2.05, 4.69) is 4.90 Å². The fraction of sp³-hybridized carbons (Fsp3) is 0.714. The fourth-order valence-electron chi connectivity index (χ4n) is 3.86. The number of benzene rings is 1. The zero-order valence-electron chi connectivity index (χ0n) is 18.1. The number of ether oxygens (including phenoxy) is 1. The molecule has 0 bridgehead atoms. The van der Waals surface area contributed by atoms with Crippen LogP contribution in [0.2, 0.25) is 0 Å². The molecule has 0 amide bonds. The highest BCUT2D eigenvalue weighted by molar-refractivity contribution is 7.89. The molecular weight excluding hydrogens is 433 g/mol. The molecule has 178 valence electrons. The van der Waals surface area contributed by atoms with E-state index in [1.807, 2.05) is 6.92 Å². The summed E-state index contributed by atoms with van der Waals surface area (Å²) in [4.78, 5) is 2.02. The Balaban J connectivity index is 1.82. The van der Waals surface area contributed by atoms with Crippen molar-refractivity contribution in [3.05, 3.63) is 29.8 Å². The summed E-state index contributed by atoms with van der Waals surface area (Å²) in [5.74, 6) is 0. The minimum Gasteiger partial charge on any atom is -0.395 e. The molecule has 0 radical (unpaired) electrons. The summed E-state index contributed by atoms with van der Waals surface area (Å²) in [5, 5.41) is 9.01. The maximum Gasteiger partial charge on any atom is 0.416 e. The van der Waals surface area contributed by atoms with Crippen molar-refractivity contribution in [2.45, 2.75) is 62.2 Å². The first kappa shape index (κ1) is 26.1. The van der Waals surface area contributed by atoms with Crippen molar-refractivity contribution in [2.75, 3.05) is 39.9 Å². The Morgan fingerprint density at radius 3 is 2.23 bits per heavy atom. The lowest BCUT2D eigenvalue weighted by Gasteiger charge is -2.34. The van der Waals surface area contributed by atoms with Crippen molar-refractivity contribution in [1.29, 1.82) is 0 Å². The quantitative estimate of drug-likeness (QED) is 0.507. The number of aliphatic hydroxyl groups is 1. The minimum absolute atomic E-state index is 0.0892. The number of likely N-dealkylation sites (N-methyl/N-ethyl adjacent to an activating group) is 1. The molecule has 0 aliphatic heterocycles. The second kappa shape index (κ2) is 11.6. The summed E-state index contributed by atoms with van der Waals surface area (Å²) in [7, 11) is -2.37. The molecule has 10 heteroatoms. The van der Waals surface area contributed by atoms with E-state index >= 15 is 0 Å². The van der Waals surface area contributed by atoms with Crippen LogP contribution < -0.4 is 0 Å². The maximum absolute atomic E-state index is 12.8. The Hall–Kier alpha value is -1.20. The molecule has 0 saturated heterocycles. The molecule has 31 heavy (non-hydrogen) atoms. The van der Waals surface area contributed by atoms with Gasteiger partial charge in [0.05, 0.1) is 23.2 Å². The third-order valence-electron chi connectivity index (χ3n) is 5.85. The highest BCUT2D eigenvalue weighted by atomic mass is 32.2. The van der Waals surface area contributed by atoms with E-state index < -0.39 is 21.8 Å². The first-order valence-corrected chi connectivity index (χ1v) is 12.1. The second-order valence-corrected chi connectivity index (χ2v) is 9.85. The van der Waals surface area contributed by atoms with E-state index in [4.69, 9.17) is 9.84 Å². The Morgan fingerprint density at radius 1 is 1.10 bits per heavy atom. The summed E-state index contributed by atoms with van der Waals surface area (Å²) < 4.78 is 71.0. The molecule has 0 heterocycles. The Morgan fingerprint density at radius 2 is 1.71 bits per heavy atom. The Kier molecular flexibility index (Phi) is 9.75. The van der Waals surface area contributed by atoms with Gasteiger partial charge in [0, 0.05) is 32.8 Å². The van der Waals surface area contributed by atoms with Gasteiger partial charge in [0.15, 0.2) is 0 Å². The van der Waals surface area contributed by atoms with Gasteiger partial charge in [0.1, 0.15) is 0 Å². The molecule has 0 unspecified atom stereocenters. The molecule has 0 aromatic heterocycles. The molecule has 1 saturated carbocycles. The van der Waals surface area contributed by atoms with Crippen molar-refractivity contribution in [2.24, 2.45) is 0 Å². The number of nitrogens with zero attached hydrogens (tertiary/aromatic N) is 2. The Labute approximate surface area is 183 Å². The average Bonchev–Trinajstić information content (AvgIpc) is 2.75. The van der Waals surface area contributed by atoms with Crippen molar-refractivity contribution in [3.8, 4) is 0 Å². The number of hydrogen-bond acceptors (Lipinski definition) is 5. The molecule has 1 aliphatic rings. The number of aliphatic hydroxyl groups excluding tert-OH is 1. The maximum atomic E-state index is 12.8. The number of hydrogen-bond donors (Lipinski definition) is 1. The van der Waals surface area contributed by atoms with Gasteiger partial charge in [-0.1, -0.05) is 6.92 Å². The zero-order valence-corrected chi connectivity index (χ0v) is 19.0. The predicted molar refractivity (Wildman–Crippen MR) is 112 cm³/mol. The van der Waals surface area contributed by atoms with Crippen LogP contribution in [0.3, 0.4) is 0 Å². The van der Waals surface area contributed by atoms with Crippen LogP contribution in [0.1, 0.15) is 44.6 Å². The molecule has 1 fully saturated rings. The highest BCUT2D eigenvalue weighted by Crippen LogP contribution is 2.32. The largest absolute Gasteiger partial charge is 0.416 e. The van der Waals surface area contributed by atoms with E-state index in [0.717, 1.165) is 56.6 Å². The predicted octanol–water partition coefficient (Wildman–Crippen LogP) is 3.36. The van der Waals surface area contributed by atoms with Gasteiger partial charge in [-0.05, 0) is 62.9 Å². The van der Waals surface area contributed by atoms with Crippen molar-refractivity contribution in [1.82, 2.24) is 9.21 Å². The molecule has 1 aromatic carbocycles. The lowest BCUT2D eigenvalue weighted by Crippen LogP contribution is -2.40. The van der Waals surface area contributed by atoms with Gasteiger partial charge >= 0.3 is 6.18 Å². The van der Waals surface area contributed by atoms with E-state index in [9.17, 15) is 21.6 Å². The average molecular weight is 467 g/mol. The summed E-state index contributed by atoms with van der Waals surface area (Å²) in [6, 6.07) is 3.42. The van der Waals surface area contributed by atoms with Crippen molar-refractivity contribution in [3.63, 3.8) is 0 Å². The first-order chi connectivity index (χ1) is 14.6. The number of sulfonamides is 1. The highest BCUT2D eigenvalue weighted by Gasteiger charge is 2.34. The van der Waals surface area contributed by atoms with E-state index in [1.54, 1.807) is 0 Å². The number of rotatable bonds is 11. The summed E-state index contributed by atoms with van der Waals surface area (Å²) in [6.45, 7) is 5.21. The SMILES string of the molecule is CCN(CCO)CCCO[C@H]1CC[C@H](N(C)S(=O)(=O)c2ccc(C(F)(F)F)cc2)CC1. The standard InChI is InChI=1S/C21H33F3N2O4S/c1-3-26(14-15-27)13-4-16-30-19-9-7-18(8-10-19)25(2)31(28,29)20-11-5-17(6-12-20)21(22,23)24/h5-6,11-12,18-19,27H,3-4,7-10,13-16H2,1-2H3/t18-,19-. The third-order valence-corrected chi connectivity index (χ3v) is 7.78. The van der Waals surface area contributed by atoms with Gasteiger partial charge in [-0.2, -0.15) is 17.5 Å². The number of alkyl halides is 3. The molecule has 2 rings (SSSR count). The molecule has 1 aromatic rings. The second-order valence-electron chi connectivity index (χ2n) is 7.86. The van der Waals surface area contributed by atoms with E-state index in [-0.39, 0.29) is 23.6 Å². The van der Waals surface area contributed by atoms with Crippen LogP contribution in [0.15, 0.2) is 29.2 Å². The van der Waals surface area contributed by atoms with Crippen LogP contribution in [0.4, 0.5) is 13.2 Å². The van der Waals surface area contributed by atoms with Crippen LogP contribution in [-0.2, 0) is 20.9 Å².